The molecule has 0 saturated carbocycles. The molecule has 0 heterocycles. The van der Waals surface area contributed by atoms with Crippen molar-refractivity contribution in [1.29, 1.82) is 0 Å². The fraction of sp³-hybridized carbons (Fsp3) is 0.818. The summed E-state index contributed by atoms with van der Waals surface area (Å²) in [5, 5.41) is 0. The van der Waals surface area contributed by atoms with Gasteiger partial charge >= 0.3 is 9.28 Å². The molecule has 0 spiro atoms. The standard InChI is InChI=1S/C11H24O2Si/c1-4-5-6-7-8-9-10-11-14(12-2)13-3/h9-10,14H,4-8,11H2,1-3H3. The third-order valence-corrected chi connectivity index (χ3v) is 3.95. The van der Waals surface area contributed by atoms with Gasteiger partial charge < -0.3 is 8.85 Å². The lowest BCUT2D eigenvalue weighted by Crippen LogP contribution is -2.17. The molecular weight excluding hydrogens is 192 g/mol. The Morgan fingerprint density at radius 2 is 1.71 bits per heavy atom. The Morgan fingerprint density at radius 1 is 1.00 bits per heavy atom. The van der Waals surface area contributed by atoms with Gasteiger partial charge in [0.05, 0.1) is 0 Å². The highest BCUT2D eigenvalue weighted by Gasteiger charge is 2.04. The van der Waals surface area contributed by atoms with E-state index in [4.69, 9.17) is 8.85 Å². The number of unbranched alkanes of at least 4 members (excludes halogenated alkanes) is 4. The summed E-state index contributed by atoms with van der Waals surface area (Å²) in [6, 6.07) is 0.987. The third kappa shape index (κ3) is 8.47. The van der Waals surface area contributed by atoms with Crippen molar-refractivity contribution in [3.05, 3.63) is 12.2 Å². The van der Waals surface area contributed by atoms with E-state index in [0.29, 0.717) is 0 Å². The Kier molecular flexibility index (Phi) is 10.9. The van der Waals surface area contributed by atoms with Crippen LogP contribution in [0.15, 0.2) is 12.2 Å². The molecule has 0 N–H and O–H groups in total. The van der Waals surface area contributed by atoms with Crippen LogP contribution in [0.2, 0.25) is 6.04 Å². The van der Waals surface area contributed by atoms with Gasteiger partial charge in [-0.2, -0.15) is 0 Å². The van der Waals surface area contributed by atoms with E-state index < -0.39 is 9.28 Å². The van der Waals surface area contributed by atoms with Crippen LogP contribution in [0.5, 0.6) is 0 Å². The molecule has 0 fully saturated rings. The molecule has 0 saturated heterocycles. The zero-order valence-electron chi connectivity index (χ0n) is 9.79. The Balaban J connectivity index is 3.25. The van der Waals surface area contributed by atoms with Crippen molar-refractivity contribution in [2.75, 3.05) is 14.2 Å². The first-order chi connectivity index (χ1) is 6.85. The Hall–Kier alpha value is -0.123. The summed E-state index contributed by atoms with van der Waals surface area (Å²) in [5.41, 5.74) is 0. The zero-order valence-corrected chi connectivity index (χ0v) is 10.9. The first-order valence-corrected chi connectivity index (χ1v) is 7.31. The molecule has 2 nitrogen and oxygen atoms in total. The van der Waals surface area contributed by atoms with Gasteiger partial charge in [-0.3, -0.25) is 0 Å². The van der Waals surface area contributed by atoms with E-state index in [0.717, 1.165) is 6.04 Å². The second-order valence-corrected chi connectivity index (χ2v) is 5.73. The molecule has 0 aromatic rings. The molecule has 84 valence electrons. The Labute approximate surface area is 90.2 Å². The van der Waals surface area contributed by atoms with Crippen LogP contribution in [0.3, 0.4) is 0 Å². The van der Waals surface area contributed by atoms with Crippen molar-refractivity contribution < 1.29 is 8.85 Å². The highest BCUT2D eigenvalue weighted by Crippen LogP contribution is 2.04. The lowest BCUT2D eigenvalue weighted by Gasteiger charge is -2.06. The summed E-state index contributed by atoms with van der Waals surface area (Å²) >= 11 is 0. The van der Waals surface area contributed by atoms with Crippen LogP contribution in [0.1, 0.15) is 39.0 Å². The van der Waals surface area contributed by atoms with E-state index in [1.54, 1.807) is 14.2 Å². The number of hydrogen-bond acceptors (Lipinski definition) is 2. The number of allylic oxidation sites excluding steroid dienone is 2. The van der Waals surface area contributed by atoms with Crippen LogP contribution in [0, 0.1) is 0 Å². The van der Waals surface area contributed by atoms with E-state index in [1.807, 2.05) is 0 Å². The molecular formula is C11H24O2Si. The van der Waals surface area contributed by atoms with Crippen LogP contribution >= 0.6 is 0 Å². The molecule has 0 bridgehead atoms. The second kappa shape index (κ2) is 11.0. The van der Waals surface area contributed by atoms with E-state index in [9.17, 15) is 0 Å². The van der Waals surface area contributed by atoms with Crippen molar-refractivity contribution in [2.45, 2.75) is 45.1 Å². The van der Waals surface area contributed by atoms with Crippen LogP contribution in [0.4, 0.5) is 0 Å². The van der Waals surface area contributed by atoms with Gasteiger partial charge in [0.15, 0.2) is 0 Å². The van der Waals surface area contributed by atoms with Crippen molar-refractivity contribution in [3.8, 4) is 0 Å². The van der Waals surface area contributed by atoms with Crippen LogP contribution < -0.4 is 0 Å². The van der Waals surface area contributed by atoms with Crippen molar-refractivity contribution in [3.63, 3.8) is 0 Å². The maximum atomic E-state index is 5.21. The molecule has 0 aromatic heterocycles. The minimum Gasteiger partial charge on any atom is -0.400 e. The number of hydrogen-bond donors (Lipinski definition) is 0. The molecule has 0 amide bonds. The normalized spacial score (nSPS) is 11.7. The molecule has 0 radical (unpaired) electrons. The monoisotopic (exact) mass is 216 g/mol. The van der Waals surface area contributed by atoms with Crippen LogP contribution in [0.25, 0.3) is 0 Å². The Bertz CT molecular complexity index is 133. The molecule has 0 atom stereocenters. The highest BCUT2D eigenvalue weighted by atomic mass is 28.3. The predicted molar refractivity (Wildman–Crippen MR) is 63.9 cm³/mol. The first-order valence-electron chi connectivity index (χ1n) is 5.55. The van der Waals surface area contributed by atoms with Crippen molar-refractivity contribution in [2.24, 2.45) is 0 Å². The van der Waals surface area contributed by atoms with Gasteiger partial charge in [-0.1, -0.05) is 38.3 Å². The van der Waals surface area contributed by atoms with Crippen molar-refractivity contribution >= 4 is 9.28 Å². The van der Waals surface area contributed by atoms with Gasteiger partial charge in [0.25, 0.3) is 0 Å². The summed E-state index contributed by atoms with van der Waals surface area (Å²) in [7, 11) is 2.12. The van der Waals surface area contributed by atoms with Gasteiger partial charge in [0.1, 0.15) is 0 Å². The van der Waals surface area contributed by atoms with Gasteiger partial charge in [0.2, 0.25) is 0 Å². The largest absolute Gasteiger partial charge is 0.400 e. The molecule has 0 rings (SSSR count). The van der Waals surface area contributed by atoms with E-state index >= 15 is 0 Å². The van der Waals surface area contributed by atoms with Gasteiger partial charge in [-0.05, 0) is 12.8 Å². The summed E-state index contributed by atoms with van der Waals surface area (Å²) < 4.78 is 10.4. The predicted octanol–water partition coefficient (Wildman–Crippen LogP) is 3.03. The van der Waals surface area contributed by atoms with Gasteiger partial charge in [0, 0.05) is 20.3 Å². The third-order valence-electron chi connectivity index (χ3n) is 2.25. The SMILES string of the molecule is CCCCCCC=CC[SiH](OC)OC. The van der Waals surface area contributed by atoms with E-state index in [2.05, 4.69) is 19.1 Å². The summed E-state index contributed by atoms with van der Waals surface area (Å²) in [5.74, 6) is 0. The highest BCUT2D eigenvalue weighted by molar-refractivity contribution is 6.44. The maximum absolute atomic E-state index is 5.21. The quantitative estimate of drug-likeness (QED) is 0.335. The lowest BCUT2D eigenvalue weighted by atomic mass is 10.1. The van der Waals surface area contributed by atoms with Crippen LogP contribution in [-0.2, 0) is 8.85 Å². The zero-order chi connectivity index (χ0) is 10.6. The number of rotatable bonds is 9. The molecule has 0 aliphatic rings. The fourth-order valence-corrected chi connectivity index (χ4v) is 2.29. The van der Waals surface area contributed by atoms with E-state index in [-0.39, 0.29) is 0 Å². The summed E-state index contributed by atoms with van der Waals surface area (Å²) in [4.78, 5) is 0. The van der Waals surface area contributed by atoms with E-state index in [1.165, 1.54) is 32.1 Å². The average molecular weight is 216 g/mol. The fourth-order valence-electron chi connectivity index (χ4n) is 1.30. The summed E-state index contributed by atoms with van der Waals surface area (Å²) in [6.07, 6.45) is 11.0. The Morgan fingerprint density at radius 3 is 2.29 bits per heavy atom. The smallest absolute Gasteiger partial charge is 0.324 e. The minimum atomic E-state index is -1.34. The molecule has 0 aliphatic heterocycles. The second-order valence-electron chi connectivity index (χ2n) is 3.46. The molecule has 0 unspecified atom stereocenters. The molecule has 0 aliphatic carbocycles. The van der Waals surface area contributed by atoms with Crippen LogP contribution in [-0.4, -0.2) is 23.5 Å². The first kappa shape index (κ1) is 13.9. The minimum absolute atomic E-state index is 0.987. The topological polar surface area (TPSA) is 18.5 Å². The van der Waals surface area contributed by atoms with Gasteiger partial charge in [-0.15, -0.1) is 0 Å². The van der Waals surface area contributed by atoms with Gasteiger partial charge in [-0.25, -0.2) is 0 Å². The lowest BCUT2D eigenvalue weighted by molar-refractivity contribution is 0.281. The molecule has 0 aromatic carbocycles. The average Bonchev–Trinajstić information content (AvgIpc) is 2.22. The molecule has 3 heteroatoms. The van der Waals surface area contributed by atoms with Crippen molar-refractivity contribution in [1.82, 2.24) is 0 Å². The maximum Gasteiger partial charge on any atom is 0.324 e. The summed E-state index contributed by atoms with van der Waals surface area (Å²) in [6.45, 7) is 2.24. The molecule has 14 heavy (non-hydrogen) atoms.